The van der Waals surface area contributed by atoms with Crippen LogP contribution in [-0.4, -0.2) is 98.6 Å². The van der Waals surface area contributed by atoms with Gasteiger partial charge in [-0.25, -0.2) is 0 Å². The standard InChI is InChI=1S/C14H26O9/c1-6-8(16)10(18-2)12(20-4)14(22-6)23-9-7(15)5-21-13(17)11(9)19-3/h6-17H,5H2,1-4H3/t6-,7-,8+,9+,10+,11-,12-,13?,14+/m1/s1. The highest BCUT2D eigenvalue weighted by molar-refractivity contribution is 4.92. The molecule has 0 aliphatic carbocycles. The lowest BCUT2D eigenvalue weighted by molar-refractivity contribution is -0.347. The molecule has 9 nitrogen and oxygen atoms in total. The van der Waals surface area contributed by atoms with Gasteiger partial charge in [-0.05, 0) is 6.92 Å². The van der Waals surface area contributed by atoms with E-state index in [1.54, 1.807) is 6.92 Å². The van der Waals surface area contributed by atoms with E-state index >= 15 is 0 Å². The first-order chi connectivity index (χ1) is 10.9. The van der Waals surface area contributed by atoms with E-state index < -0.39 is 55.3 Å². The van der Waals surface area contributed by atoms with Gasteiger partial charge in [0.25, 0.3) is 0 Å². The molecule has 136 valence electrons. The van der Waals surface area contributed by atoms with Crippen molar-refractivity contribution in [2.75, 3.05) is 27.9 Å². The number of hydrogen-bond acceptors (Lipinski definition) is 9. The van der Waals surface area contributed by atoms with Crippen LogP contribution in [0.15, 0.2) is 0 Å². The smallest absolute Gasteiger partial charge is 0.187 e. The lowest BCUT2D eigenvalue weighted by Crippen LogP contribution is -2.62. The Balaban J connectivity index is 2.15. The van der Waals surface area contributed by atoms with Crippen molar-refractivity contribution in [3.05, 3.63) is 0 Å². The molecule has 1 unspecified atom stereocenters. The second kappa shape index (κ2) is 8.15. The quantitative estimate of drug-likeness (QED) is 0.535. The third kappa shape index (κ3) is 3.84. The molecule has 0 radical (unpaired) electrons. The van der Waals surface area contributed by atoms with Crippen molar-refractivity contribution < 1.29 is 43.7 Å². The third-order valence-electron chi connectivity index (χ3n) is 4.29. The molecular weight excluding hydrogens is 312 g/mol. The minimum absolute atomic E-state index is 0.0953. The van der Waals surface area contributed by atoms with Crippen molar-refractivity contribution in [2.45, 2.75) is 62.2 Å². The monoisotopic (exact) mass is 338 g/mol. The summed E-state index contributed by atoms with van der Waals surface area (Å²) in [5.74, 6) is 0. The molecule has 0 aromatic rings. The lowest BCUT2D eigenvalue weighted by atomic mass is 9.98. The molecule has 2 heterocycles. The average Bonchev–Trinajstić information content (AvgIpc) is 2.54. The molecule has 2 aliphatic heterocycles. The summed E-state index contributed by atoms with van der Waals surface area (Å²) >= 11 is 0. The van der Waals surface area contributed by atoms with Crippen molar-refractivity contribution in [3.63, 3.8) is 0 Å². The summed E-state index contributed by atoms with van der Waals surface area (Å²) in [6.07, 6.45) is -7.72. The van der Waals surface area contributed by atoms with Gasteiger partial charge in [0.2, 0.25) is 0 Å². The fraction of sp³-hybridized carbons (Fsp3) is 1.00. The van der Waals surface area contributed by atoms with Crippen molar-refractivity contribution in [1.82, 2.24) is 0 Å². The van der Waals surface area contributed by atoms with E-state index in [9.17, 15) is 15.3 Å². The van der Waals surface area contributed by atoms with E-state index in [0.717, 1.165) is 0 Å². The van der Waals surface area contributed by atoms with E-state index in [-0.39, 0.29) is 6.61 Å². The summed E-state index contributed by atoms with van der Waals surface area (Å²) < 4.78 is 32.3. The third-order valence-corrected chi connectivity index (χ3v) is 4.29. The molecule has 0 aromatic heterocycles. The number of rotatable bonds is 5. The van der Waals surface area contributed by atoms with Crippen LogP contribution in [0.2, 0.25) is 0 Å². The van der Waals surface area contributed by atoms with E-state index in [4.69, 9.17) is 28.4 Å². The highest BCUT2D eigenvalue weighted by Crippen LogP contribution is 2.29. The zero-order valence-electron chi connectivity index (χ0n) is 13.7. The zero-order chi connectivity index (χ0) is 17.1. The first kappa shape index (κ1) is 19.0. The maximum atomic E-state index is 10.1. The largest absolute Gasteiger partial charge is 0.388 e. The molecule has 0 spiro atoms. The number of ether oxygens (including phenoxy) is 6. The van der Waals surface area contributed by atoms with Gasteiger partial charge in [-0.15, -0.1) is 0 Å². The van der Waals surface area contributed by atoms with E-state index in [1.165, 1.54) is 21.3 Å². The summed E-state index contributed by atoms with van der Waals surface area (Å²) in [6, 6.07) is 0. The van der Waals surface area contributed by atoms with Gasteiger partial charge in [-0.3, -0.25) is 0 Å². The summed E-state index contributed by atoms with van der Waals surface area (Å²) in [7, 11) is 4.29. The zero-order valence-corrected chi connectivity index (χ0v) is 13.7. The van der Waals surface area contributed by atoms with Crippen LogP contribution >= 0.6 is 0 Å². The molecule has 2 aliphatic rings. The number of aliphatic hydroxyl groups excluding tert-OH is 3. The molecule has 0 saturated carbocycles. The maximum absolute atomic E-state index is 10.1. The molecule has 2 rings (SSSR count). The van der Waals surface area contributed by atoms with Crippen LogP contribution in [0.4, 0.5) is 0 Å². The normalized spacial score (nSPS) is 48.4. The second-order valence-corrected chi connectivity index (χ2v) is 5.69. The van der Waals surface area contributed by atoms with Crippen molar-refractivity contribution in [3.8, 4) is 0 Å². The Hall–Kier alpha value is -0.360. The molecule has 2 fully saturated rings. The molecule has 9 heteroatoms. The highest BCUT2D eigenvalue weighted by atomic mass is 16.7. The number of methoxy groups -OCH3 is 3. The Morgan fingerprint density at radius 3 is 2.04 bits per heavy atom. The van der Waals surface area contributed by atoms with Gasteiger partial charge in [0, 0.05) is 21.3 Å². The van der Waals surface area contributed by atoms with E-state index in [1.807, 2.05) is 0 Å². The molecule has 0 bridgehead atoms. The van der Waals surface area contributed by atoms with Gasteiger partial charge in [0.05, 0.1) is 12.7 Å². The Morgan fingerprint density at radius 2 is 1.48 bits per heavy atom. The SMILES string of the molecule is CO[C@H]1[C@H](O[C@H]2[C@H](O)COC(O)[C@@H]2OC)O[C@H](C)[C@H](O)[C@@H]1OC. The first-order valence-corrected chi connectivity index (χ1v) is 7.49. The summed E-state index contributed by atoms with van der Waals surface area (Å²) in [4.78, 5) is 0. The van der Waals surface area contributed by atoms with Crippen molar-refractivity contribution in [2.24, 2.45) is 0 Å². The topological polar surface area (TPSA) is 116 Å². The van der Waals surface area contributed by atoms with Crippen LogP contribution < -0.4 is 0 Å². The molecule has 9 atom stereocenters. The van der Waals surface area contributed by atoms with Gasteiger partial charge in [-0.1, -0.05) is 0 Å². The first-order valence-electron chi connectivity index (χ1n) is 7.49. The van der Waals surface area contributed by atoms with E-state index in [2.05, 4.69) is 0 Å². The van der Waals surface area contributed by atoms with Gasteiger partial charge >= 0.3 is 0 Å². The fourth-order valence-electron chi connectivity index (χ4n) is 2.96. The minimum Gasteiger partial charge on any atom is -0.388 e. The van der Waals surface area contributed by atoms with Gasteiger partial charge in [-0.2, -0.15) is 0 Å². The number of aliphatic hydroxyl groups is 3. The Morgan fingerprint density at radius 1 is 0.870 bits per heavy atom. The van der Waals surface area contributed by atoms with Crippen LogP contribution in [0.1, 0.15) is 6.92 Å². The molecule has 0 aromatic carbocycles. The van der Waals surface area contributed by atoms with Crippen LogP contribution in [0.5, 0.6) is 0 Å². The second-order valence-electron chi connectivity index (χ2n) is 5.69. The van der Waals surface area contributed by atoms with Gasteiger partial charge < -0.3 is 43.7 Å². The molecule has 23 heavy (non-hydrogen) atoms. The molecule has 0 amide bonds. The molecule has 3 N–H and O–H groups in total. The van der Waals surface area contributed by atoms with Crippen LogP contribution in [0.3, 0.4) is 0 Å². The summed E-state index contributed by atoms with van der Waals surface area (Å²) in [5.41, 5.74) is 0. The fourth-order valence-corrected chi connectivity index (χ4v) is 2.96. The molecular formula is C14H26O9. The van der Waals surface area contributed by atoms with Gasteiger partial charge in [0.1, 0.15) is 36.6 Å². The Labute approximate surface area is 135 Å². The highest BCUT2D eigenvalue weighted by Gasteiger charge is 2.49. The van der Waals surface area contributed by atoms with Crippen LogP contribution in [-0.2, 0) is 28.4 Å². The van der Waals surface area contributed by atoms with Crippen LogP contribution in [0.25, 0.3) is 0 Å². The Kier molecular flexibility index (Phi) is 6.72. The average molecular weight is 338 g/mol. The maximum Gasteiger partial charge on any atom is 0.187 e. The van der Waals surface area contributed by atoms with Gasteiger partial charge in [0.15, 0.2) is 12.6 Å². The van der Waals surface area contributed by atoms with E-state index in [0.29, 0.717) is 0 Å². The predicted molar refractivity (Wildman–Crippen MR) is 75.6 cm³/mol. The van der Waals surface area contributed by atoms with Crippen molar-refractivity contribution >= 4 is 0 Å². The van der Waals surface area contributed by atoms with Crippen LogP contribution in [0, 0.1) is 0 Å². The minimum atomic E-state index is -1.22. The predicted octanol–water partition coefficient (Wildman–Crippen LogP) is -1.77. The number of hydrogen-bond donors (Lipinski definition) is 3. The summed E-state index contributed by atoms with van der Waals surface area (Å²) in [6.45, 7) is 1.59. The Bertz CT molecular complexity index is 368. The lowest BCUT2D eigenvalue weighted by Gasteiger charge is -2.45. The summed E-state index contributed by atoms with van der Waals surface area (Å²) in [5, 5.41) is 30.1. The van der Waals surface area contributed by atoms with Crippen molar-refractivity contribution in [1.29, 1.82) is 0 Å². The molecule has 2 saturated heterocycles.